The van der Waals surface area contributed by atoms with Crippen molar-refractivity contribution in [2.45, 2.75) is 20.1 Å². The molecule has 180 valence electrons. The molecule has 9 heteroatoms. The molecule has 2 amide bonds. The summed E-state index contributed by atoms with van der Waals surface area (Å²) in [5.74, 6) is -0.0497. The van der Waals surface area contributed by atoms with Crippen molar-refractivity contribution < 1.29 is 23.5 Å². The minimum Gasteiger partial charge on any atom is -0.490 e. The van der Waals surface area contributed by atoms with E-state index in [1.54, 1.807) is 18.2 Å². The molecule has 1 saturated heterocycles. The second-order valence-electron chi connectivity index (χ2n) is 7.51. The first-order valence-electron chi connectivity index (χ1n) is 10.7. The molecule has 0 unspecified atom stereocenters. The zero-order valence-corrected chi connectivity index (χ0v) is 21.8. The predicted molar refractivity (Wildman–Crippen MR) is 139 cm³/mol. The number of ether oxygens (including phenoxy) is 2. The number of halogens is 3. The van der Waals surface area contributed by atoms with Crippen LogP contribution < -0.4 is 9.47 Å². The van der Waals surface area contributed by atoms with Gasteiger partial charge in [-0.2, -0.15) is 0 Å². The molecule has 0 N–H and O–H groups in total. The third-order valence-corrected chi connectivity index (χ3v) is 6.96. The van der Waals surface area contributed by atoms with E-state index < -0.39 is 17.0 Å². The Bertz CT molecular complexity index is 1280. The number of thioether (sulfide) groups is 1. The first-order chi connectivity index (χ1) is 16.9. The van der Waals surface area contributed by atoms with Crippen LogP contribution in [-0.4, -0.2) is 22.7 Å². The highest BCUT2D eigenvalue weighted by Gasteiger charge is 2.36. The van der Waals surface area contributed by atoms with Crippen molar-refractivity contribution in [3.05, 3.63) is 97.6 Å². The molecule has 0 atom stereocenters. The Balaban J connectivity index is 1.57. The van der Waals surface area contributed by atoms with E-state index in [2.05, 4.69) is 15.9 Å². The molecular weight excluding hydrogens is 557 g/mol. The Morgan fingerprint density at radius 3 is 2.57 bits per heavy atom. The highest BCUT2D eigenvalue weighted by molar-refractivity contribution is 9.10. The van der Waals surface area contributed by atoms with Crippen LogP contribution in [0.2, 0.25) is 5.02 Å². The summed E-state index contributed by atoms with van der Waals surface area (Å²) in [5, 5.41) is -0.336. The lowest BCUT2D eigenvalue weighted by Crippen LogP contribution is -2.28. The maximum atomic E-state index is 14.2. The molecule has 1 aliphatic heterocycles. The van der Waals surface area contributed by atoms with Crippen LogP contribution in [0.25, 0.3) is 6.08 Å². The van der Waals surface area contributed by atoms with Crippen LogP contribution in [0.3, 0.4) is 0 Å². The lowest BCUT2D eigenvalue weighted by atomic mass is 10.1. The lowest BCUT2D eigenvalue weighted by molar-refractivity contribution is -0.123. The highest BCUT2D eigenvalue weighted by Crippen LogP contribution is 2.40. The Morgan fingerprint density at radius 2 is 1.86 bits per heavy atom. The maximum Gasteiger partial charge on any atom is 0.293 e. The number of rotatable bonds is 8. The van der Waals surface area contributed by atoms with E-state index in [-0.39, 0.29) is 22.0 Å². The number of carbonyl (C=O) groups excluding carboxylic acids is 2. The van der Waals surface area contributed by atoms with Crippen LogP contribution in [-0.2, 0) is 17.9 Å². The van der Waals surface area contributed by atoms with E-state index in [1.165, 1.54) is 18.2 Å². The molecule has 1 fully saturated rings. The van der Waals surface area contributed by atoms with Gasteiger partial charge in [0.25, 0.3) is 11.1 Å². The van der Waals surface area contributed by atoms with Crippen molar-refractivity contribution in [1.82, 2.24) is 4.90 Å². The number of benzene rings is 3. The molecule has 35 heavy (non-hydrogen) atoms. The normalized spacial score (nSPS) is 14.6. The molecule has 0 saturated carbocycles. The van der Waals surface area contributed by atoms with Gasteiger partial charge in [-0.25, -0.2) is 4.39 Å². The Labute approximate surface area is 220 Å². The average molecular weight is 577 g/mol. The van der Waals surface area contributed by atoms with Gasteiger partial charge in [-0.15, -0.1) is 0 Å². The van der Waals surface area contributed by atoms with Gasteiger partial charge < -0.3 is 9.47 Å². The van der Waals surface area contributed by atoms with E-state index >= 15 is 0 Å². The fraction of sp³-hybridized carbons (Fsp3) is 0.154. The average Bonchev–Trinajstić information content (AvgIpc) is 3.09. The summed E-state index contributed by atoms with van der Waals surface area (Å²) in [7, 11) is 0. The summed E-state index contributed by atoms with van der Waals surface area (Å²) in [5.41, 5.74) is 1.75. The monoisotopic (exact) mass is 575 g/mol. The van der Waals surface area contributed by atoms with Crippen LogP contribution >= 0.6 is 39.3 Å². The van der Waals surface area contributed by atoms with Gasteiger partial charge in [-0.1, -0.05) is 48.0 Å². The number of carbonyl (C=O) groups is 2. The fourth-order valence-corrected chi connectivity index (χ4v) is 5.07. The number of imide groups is 1. The first-order valence-corrected chi connectivity index (χ1v) is 12.7. The van der Waals surface area contributed by atoms with Crippen LogP contribution in [0.1, 0.15) is 23.6 Å². The summed E-state index contributed by atoms with van der Waals surface area (Å²) < 4.78 is 26.6. The molecule has 5 nitrogen and oxygen atoms in total. The summed E-state index contributed by atoms with van der Waals surface area (Å²) >= 11 is 10.4. The molecule has 3 aromatic carbocycles. The van der Waals surface area contributed by atoms with Crippen molar-refractivity contribution in [2.24, 2.45) is 0 Å². The first kappa shape index (κ1) is 25.3. The van der Waals surface area contributed by atoms with Gasteiger partial charge in [0.1, 0.15) is 12.4 Å². The quantitative estimate of drug-likeness (QED) is 0.261. The highest BCUT2D eigenvalue weighted by atomic mass is 79.9. The molecule has 3 aromatic rings. The summed E-state index contributed by atoms with van der Waals surface area (Å²) in [4.78, 5) is 26.7. The van der Waals surface area contributed by atoms with Crippen LogP contribution in [0.5, 0.6) is 11.5 Å². The van der Waals surface area contributed by atoms with Gasteiger partial charge in [0, 0.05) is 10.6 Å². The fourth-order valence-electron chi connectivity index (χ4n) is 3.43. The zero-order valence-electron chi connectivity index (χ0n) is 18.6. The minimum absolute atomic E-state index is 0.0963. The van der Waals surface area contributed by atoms with Gasteiger partial charge in [0.05, 0.1) is 22.5 Å². The van der Waals surface area contributed by atoms with Gasteiger partial charge >= 0.3 is 0 Å². The van der Waals surface area contributed by atoms with Crippen molar-refractivity contribution in [2.75, 3.05) is 6.61 Å². The molecule has 1 heterocycles. The second kappa shape index (κ2) is 11.3. The summed E-state index contributed by atoms with van der Waals surface area (Å²) in [6, 6.07) is 17.5. The van der Waals surface area contributed by atoms with E-state index in [4.69, 9.17) is 21.1 Å². The maximum absolute atomic E-state index is 14.2. The van der Waals surface area contributed by atoms with Gasteiger partial charge in [-0.3, -0.25) is 14.5 Å². The van der Waals surface area contributed by atoms with Crippen molar-refractivity contribution in [3.63, 3.8) is 0 Å². The van der Waals surface area contributed by atoms with E-state index in [9.17, 15) is 14.0 Å². The Kier molecular flexibility index (Phi) is 8.15. The number of nitrogens with zero attached hydrogens (tertiary/aromatic N) is 1. The van der Waals surface area contributed by atoms with E-state index in [0.717, 1.165) is 22.2 Å². The van der Waals surface area contributed by atoms with E-state index in [1.807, 2.05) is 37.3 Å². The number of amides is 2. The van der Waals surface area contributed by atoms with Crippen LogP contribution in [0.15, 0.2) is 70.0 Å². The van der Waals surface area contributed by atoms with Crippen molar-refractivity contribution in [1.29, 1.82) is 0 Å². The molecule has 0 aliphatic carbocycles. The Hall–Kier alpha value is -2.81. The largest absolute Gasteiger partial charge is 0.490 e. The third kappa shape index (κ3) is 5.89. The molecule has 0 aromatic heterocycles. The SMILES string of the molecule is CCOc1cc(/C=C2\SC(=O)N(Cc3c(F)cccc3Cl)C2=O)cc(Br)c1OCc1ccccc1. The topological polar surface area (TPSA) is 55.8 Å². The molecule has 0 bridgehead atoms. The smallest absolute Gasteiger partial charge is 0.293 e. The minimum atomic E-state index is -0.572. The van der Waals surface area contributed by atoms with Gasteiger partial charge in [0.15, 0.2) is 11.5 Å². The number of hydrogen-bond acceptors (Lipinski definition) is 5. The van der Waals surface area contributed by atoms with Crippen LogP contribution in [0.4, 0.5) is 9.18 Å². The second-order valence-corrected chi connectivity index (χ2v) is 9.76. The predicted octanol–water partition coefficient (Wildman–Crippen LogP) is 7.46. The number of hydrogen-bond donors (Lipinski definition) is 0. The summed E-state index contributed by atoms with van der Waals surface area (Å²) in [6.07, 6.45) is 1.60. The molecule has 0 radical (unpaired) electrons. The standard InChI is InChI=1S/C26H20BrClFNO4S/c1-2-33-22-12-17(11-19(27)24(22)34-15-16-7-4-3-5-8-16)13-23-25(31)30(26(32)35-23)14-18-20(28)9-6-10-21(18)29/h3-13H,2,14-15H2,1H3/b23-13-. The zero-order chi connectivity index (χ0) is 24.9. The van der Waals surface area contributed by atoms with Gasteiger partial charge in [0.2, 0.25) is 0 Å². The molecule has 0 spiro atoms. The third-order valence-electron chi connectivity index (χ3n) is 5.11. The molecule has 1 aliphatic rings. The summed E-state index contributed by atoms with van der Waals surface area (Å²) in [6.45, 7) is 2.39. The molecular formula is C26H20BrClFNO4S. The van der Waals surface area contributed by atoms with Crippen molar-refractivity contribution >= 4 is 56.5 Å². The van der Waals surface area contributed by atoms with Crippen LogP contribution in [0, 0.1) is 5.82 Å². The molecule has 4 rings (SSSR count). The van der Waals surface area contributed by atoms with Gasteiger partial charge in [-0.05, 0) is 76.1 Å². The lowest BCUT2D eigenvalue weighted by Gasteiger charge is -2.15. The van der Waals surface area contributed by atoms with Crippen molar-refractivity contribution in [3.8, 4) is 11.5 Å². The Morgan fingerprint density at radius 1 is 1.09 bits per heavy atom. The van der Waals surface area contributed by atoms with E-state index in [0.29, 0.717) is 34.7 Å².